The first-order valence-corrected chi connectivity index (χ1v) is 8.72. The molecule has 0 unspecified atom stereocenters. The lowest BCUT2D eigenvalue weighted by atomic mass is 9.90. The number of aryl methyl sites for hydroxylation is 1. The molecule has 1 aromatic carbocycles. The molecule has 5 heteroatoms. The molecule has 2 N–H and O–H groups in total. The normalized spacial score (nSPS) is 18.1. The van der Waals surface area contributed by atoms with Gasteiger partial charge in [0.25, 0.3) is 0 Å². The van der Waals surface area contributed by atoms with E-state index in [4.69, 9.17) is 9.88 Å². The van der Waals surface area contributed by atoms with Gasteiger partial charge in [0.2, 0.25) is 10.0 Å². The van der Waals surface area contributed by atoms with Crippen LogP contribution in [0.15, 0.2) is 18.2 Å². The second kappa shape index (κ2) is 5.74. The molecule has 0 radical (unpaired) electrons. The van der Waals surface area contributed by atoms with Crippen LogP contribution in [0.4, 0.5) is 0 Å². The van der Waals surface area contributed by atoms with E-state index in [9.17, 15) is 8.42 Å². The molecule has 2 rings (SSSR count). The van der Waals surface area contributed by atoms with E-state index in [2.05, 4.69) is 0 Å². The molecule has 20 heavy (non-hydrogen) atoms. The Hall–Kier alpha value is -1.07. The van der Waals surface area contributed by atoms with Gasteiger partial charge in [-0.05, 0) is 43.9 Å². The van der Waals surface area contributed by atoms with Gasteiger partial charge in [0.1, 0.15) is 5.75 Å². The Kier molecular flexibility index (Phi) is 4.39. The van der Waals surface area contributed by atoms with E-state index in [1.807, 2.05) is 32.0 Å². The fourth-order valence-corrected chi connectivity index (χ4v) is 4.22. The fourth-order valence-electron chi connectivity index (χ4n) is 2.99. The summed E-state index contributed by atoms with van der Waals surface area (Å²) in [6, 6.07) is 5.93. The van der Waals surface area contributed by atoms with Crippen LogP contribution in [0.1, 0.15) is 36.8 Å². The number of benzene rings is 1. The van der Waals surface area contributed by atoms with E-state index < -0.39 is 10.0 Å². The highest BCUT2D eigenvalue weighted by atomic mass is 32.2. The fraction of sp³-hybridized carbons (Fsp3) is 0.600. The van der Waals surface area contributed by atoms with Crippen molar-refractivity contribution in [2.75, 3.05) is 12.4 Å². The molecule has 0 amide bonds. The Balaban J connectivity index is 2.12. The molecule has 0 aromatic heterocycles. The van der Waals surface area contributed by atoms with Crippen LogP contribution < -0.4 is 9.88 Å². The molecule has 4 nitrogen and oxygen atoms in total. The van der Waals surface area contributed by atoms with E-state index in [1.54, 1.807) is 0 Å². The predicted molar refractivity (Wildman–Crippen MR) is 80.3 cm³/mol. The van der Waals surface area contributed by atoms with Crippen LogP contribution in [-0.2, 0) is 10.0 Å². The van der Waals surface area contributed by atoms with Gasteiger partial charge < -0.3 is 4.74 Å². The van der Waals surface area contributed by atoms with Gasteiger partial charge in [-0.15, -0.1) is 0 Å². The number of sulfonamides is 1. The average Bonchev–Trinajstić information content (AvgIpc) is 2.78. The van der Waals surface area contributed by atoms with Gasteiger partial charge in [-0.3, -0.25) is 0 Å². The molecule has 0 saturated heterocycles. The Morgan fingerprint density at radius 2 is 1.90 bits per heavy atom. The first-order chi connectivity index (χ1) is 9.31. The molecule has 1 aliphatic carbocycles. The molecular formula is C15H23NO3S. The molecule has 1 aliphatic rings. The molecule has 0 aliphatic heterocycles. The minimum atomic E-state index is -3.47. The summed E-state index contributed by atoms with van der Waals surface area (Å²) in [5.41, 5.74) is 1.97. The average molecular weight is 297 g/mol. The molecular weight excluding hydrogens is 274 g/mol. The third-order valence-electron chi connectivity index (χ3n) is 4.26. The predicted octanol–water partition coefficient (Wildman–Crippen LogP) is 2.53. The number of nitrogens with two attached hydrogens (primary N) is 1. The molecule has 0 spiro atoms. The number of hydrogen-bond donors (Lipinski definition) is 1. The minimum absolute atomic E-state index is 0.0187. The highest BCUT2D eigenvalue weighted by Gasteiger charge is 2.38. The van der Waals surface area contributed by atoms with Crippen molar-refractivity contribution in [3.05, 3.63) is 29.3 Å². The summed E-state index contributed by atoms with van der Waals surface area (Å²) in [6.45, 7) is 4.48. The van der Waals surface area contributed by atoms with Crippen LogP contribution in [0.25, 0.3) is 0 Å². The van der Waals surface area contributed by atoms with Crippen LogP contribution >= 0.6 is 0 Å². The second-order valence-electron chi connectivity index (χ2n) is 6.00. The topological polar surface area (TPSA) is 69.4 Å². The highest BCUT2D eigenvalue weighted by Crippen LogP contribution is 2.39. The summed E-state index contributed by atoms with van der Waals surface area (Å²) >= 11 is 0. The smallest absolute Gasteiger partial charge is 0.209 e. The summed E-state index contributed by atoms with van der Waals surface area (Å²) in [5.74, 6) is 0.857. The zero-order valence-electron chi connectivity index (χ0n) is 12.2. The van der Waals surface area contributed by atoms with Gasteiger partial charge in [0.15, 0.2) is 0 Å². The number of rotatable bonds is 5. The first kappa shape index (κ1) is 15.3. The number of ether oxygens (including phenoxy) is 1. The van der Waals surface area contributed by atoms with Gasteiger partial charge in [-0.1, -0.05) is 25.0 Å². The lowest BCUT2D eigenvalue weighted by Crippen LogP contribution is -2.36. The Morgan fingerprint density at radius 1 is 1.25 bits per heavy atom. The van der Waals surface area contributed by atoms with Crippen LogP contribution in [0.2, 0.25) is 0 Å². The van der Waals surface area contributed by atoms with Crippen molar-refractivity contribution < 1.29 is 13.2 Å². The van der Waals surface area contributed by atoms with Crippen molar-refractivity contribution >= 4 is 10.0 Å². The lowest BCUT2D eigenvalue weighted by Gasteiger charge is -2.28. The van der Waals surface area contributed by atoms with Gasteiger partial charge in [0, 0.05) is 5.41 Å². The molecule has 0 bridgehead atoms. The Labute approximate surface area is 121 Å². The van der Waals surface area contributed by atoms with Crippen LogP contribution in [-0.4, -0.2) is 20.8 Å². The van der Waals surface area contributed by atoms with Gasteiger partial charge >= 0.3 is 0 Å². The zero-order chi connectivity index (χ0) is 14.8. The molecule has 0 atom stereocenters. The summed E-state index contributed by atoms with van der Waals surface area (Å²) in [6.07, 6.45) is 3.83. The van der Waals surface area contributed by atoms with Crippen molar-refractivity contribution in [2.24, 2.45) is 10.6 Å². The van der Waals surface area contributed by atoms with E-state index >= 15 is 0 Å². The van der Waals surface area contributed by atoms with Crippen molar-refractivity contribution in [2.45, 2.75) is 39.5 Å². The van der Waals surface area contributed by atoms with E-state index in [1.165, 1.54) is 5.56 Å². The maximum atomic E-state index is 11.4. The summed E-state index contributed by atoms with van der Waals surface area (Å²) < 4.78 is 28.8. The van der Waals surface area contributed by atoms with Crippen LogP contribution in [0, 0.1) is 19.3 Å². The number of primary sulfonamides is 1. The zero-order valence-corrected chi connectivity index (χ0v) is 13.0. The quantitative estimate of drug-likeness (QED) is 0.908. The largest absolute Gasteiger partial charge is 0.493 e. The summed E-state index contributed by atoms with van der Waals surface area (Å²) in [5, 5.41) is 5.24. The standard InChI is InChI=1S/C15H23NO3S/c1-12-6-5-7-14(13(12)2)19-10-15(8-3-4-9-15)11-20(16,17)18/h5-7H,3-4,8-11H2,1-2H3,(H2,16,17,18). The summed E-state index contributed by atoms with van der Waals surface area (Å²) in [7, 11) is -3.47. The molecule has 1 saturated carbocycles. The first-order valence-electron chi connectivity index (χ1n) is 7.01. The number of hydrogen-bond acceptors (Lipinski definition) is 3. The Bertz CT molecular complexity index is 575. The summed E-state index contributed by atoms with van der Waals surface area (Å²) in [4.78, 5) is 0. The highest BCUT2D eigenvalue weighted by molar-refractivity contribution is 7.89. The van der Waals surface area contributed by atoms with E-state index in [-0.39, 0.29) is 11.2 Å². The van der Waals surface area contributed by atoms with Crippen molar-refractivity contribution in [3.8, 4) is 5.75 Å². The SMILES string of the molecule is Cc1cccc(OCC2(CS(N)(=O)=O)CCCC2)c1C. The third-order valence-corrected chi connectivity index (χ3v) is 5.28. The van der Waals surface area contributed by atoms with Gasteiger partial charge in [-0.25, -0.2) is 13.6 Å². The van der Waals surface area contributed by atoms with Crippen LogP contribution in [0.5, 0.6) is 5.75 Å². The van der Waals surface area contributed by atoms with Crippen molar-refractivity contribution in [3.63, 3.8) is 0 Å². The molecule has 1 aromatic rings. The van der Waals surface area contributed by atoms with Crippen LogP contribution in [0.3, 0.4) is 0 Å². The van der Waals surface area contributed by atoms with Gasteiger partial charge in [-0.2, -0.15) is 0 Å². The maximum Gasteiger partial charge on any atom is 0.209 e. The van der Waals surface area contributed by atoms with Gasteiger partial charge in [0.05, 0.1) is 12.4 Å². The second-order valence-corrected chi connectivity index (χ2v) is 7.62. The van der Waals surface area contributed by atoms with Crippen molar-refractivity contribution in [1.82, 2.24) is 0 Å². The van der Waals surface area contributed by atoms with E-state index in [0.29, 0.717) is 6.61 Å². The Morgan fingerprint density at radius 3 is 2.50 bits per heavy atom. The minimum Gasteiger partial charge on any atom is -0.493 e. The molecule has 1 fully saturated rings. The molecule has 112 valence electrons. The van der Waals surface area contributed by atoms with Crippen molar-refractivity contribution in [1.29, 1.82) is 0 Å². The molecule has 0 heterocycles. The lowest BCUT2D eigenvalue weighted by molar-refractivity contribution is 0.169. The monoisotopic (exact) mass is 297 g/mol. The maximum absolute atomic E-state index is 11.4. The van der Waals surface area contributed by atoms with E-state index in [0.717, 1.165) is 37.0 Å². The third kappa shape index (κ3) is 3.73.